The van der Waals surface area contributed by atoms with Crippen LogP contribution in [0.1, 0.15) is 35.2 Å². The number of nitrogens with zero attached hydrogens (tertiary/aromatic N) is 4. The summed E-state index contributed by atoms with van der Waals surface area (Å²) in [5, 5.41) is 4.35. The van der Waals surface area contributed by atoms with Gasteiger partial charge < -0.3 is 9.64 Å². The number of rotatable bonds is 7. The summed E-state index contributed by atoms with van der Waals surface area (Å²) in [5.41, 5.74) is 2.12. The molecule has 1 aliphatic carbocycles. The summed E-state index contributed by atoms with van der Waals surface area (Å²) in [5.74, 6) is 0.412. The number of carbonyl (C=O) groups is 1. The average molecular weight is 546 g/mol. The third-order valence-electron chi connectivity index (χ3n) is 6.78. The number of halogens is 2. The molecule has 0 bridgehead atoms. The second kappa shape index (κ2) is 8.46. The van der Waals surface area contributed by atoms with Crippen molar-refractivity contribution in [1.29, 1.82) is 0 Å². The Kier molecular flexibility index (Phi) is 5.65. The maximum absolute atomic E-state index is 14.0. The molecule has 8 heteroatoms. The number of aromatic nitrogens is 3. The summed E-state index contributed by atoms with van der Waals surface area (Å²) in [6.07, 6.45) is 7.65. The van der Waals surface area contributed by atoms with Crippen LogP contribution < -0.4 is 4.74 Å². The molecule has 2 aromatic heterocycles. The molecule has 3 unspecified atom stereocenters. The van der Waals surface area contributed by atoms with Gasteiger partial charge in [0.15, 0.2) is 0 Å². The summed E-state index contributed by atoms with van der Waals surface area (Å²) in [6.45, 7) is 2.36. The van der Waals surface area contributed by atoms with Crippen LogP contribution in [0.15, 0.2) is 55.0 Å². The Morgan fingerprint density at radius 2 is 2.22 bits per heavy atom. The Bertz CT molecular complexity index is 1120. The summed E-state index contributed by atoms with van der Waals surface area (Å²) in [7, 11) is 0. The first-order valence-electron chi connectivity index (χ1n) is 10.8. The van der Waals surface area contributed by atoms with Crippen molar-refractivity contribution in [2.45, 2.75) is 37.8 Å². The molecule has 1 amide bonds. The van der Waals surface area contributed by atoms with Crippen molar-refractivity contribution in [1.82, 2.24) is 19.7 Å². The molecule has 2 fully saturated rings. The number of benzene rings is 1. The van der Waals surface area contributed by atoms with Crippen LogP contribution in [0.5, 0.6) is 5.88 Å². The van der Waals surface area contributed by atoms with E-state index in [2.05, 4.69) is 32.7 Å². The van der Waals surface area contributed by atoms with E-state index in [0.717, 1.165) is 41.1 Å². The van der Waals surface area contributed by atoms with Crippen LogP contribution in [-0.4, -0.2) is 48.2 Å². The zero-order valence-corrected chi connectivity index (χ0v) is 19.9. The van der Waals surface area contributed by atoms with Gasteiger partial charge in [-0.05, 0) is 50.5 Å². The average Bonchev–Trinajstić information content (AvgIpc) is 3.31. The van der Waals surface area contributed by atoms with Gasteiger partial charge in [0.1, 0.15) is 12.4 Å². The minimum atomic E-state index is -0.398. The quantitative estimate of drug-likeness (QED) is 0.322. The van der Waals surface area contributed by atoms with Crippen molar-refractivity contribution in [3.05, 3.63) is 71.9 Å². The van der Waals surface area contributed by atoms with E-state index in [9.17, 15) is 9.18 Å². The molecule has 1 aliphatic heterocycles. The van der Waals surface area contributed by atoms with Crippen molar-refractivity contribution in [3.8, 4) is 11.6 Å². The normalized spacial score (nSPS) is 23.8. The van der Waals surface area contributed by atoms with Crippen LogP contribution in [0.25, 0.3) is 5.69 Å². The highest BCUT2D eigenvalue weighted by Gasteiger charge is 2.67. The van der Waals surface area contributed by atoms with Gasteiger partial charge in [-0.2, -0.15) is 5.10 Å². The van der Waals surface area contributed by atoms with E-state index in [1.165, 1.54) is 12.1 Å². The van der Waals surface area contributed by atoms with Gasteiger partial charge in [0.2, 0.25) is 5.88 Å². The summed E-state index contributed by atoms with van der Waals surface area (Å²) in [4.78, 5) is 20.1. The largest absolute Gasteiger partial charge is 0.475 e. The van der Waals surface area contributed by atoms with Crippen molar-refractivity contribution >= 4 is 28.5 Å². The molecule has 3 heterocycles. The molecule has 32 heavy (non-hydrogen) atoms. The number of ether oxygens (including phenoxy) is 1. The Balaban J connectivity index is 1.46. The Labute approximate surface area is 199 Å². The van der Waals surface area contributed by atoms with E-state index in [1.54, 1.807) is 10.9 Å². The summed E-state index contributed by atoms with van der Waals surface area (Å²) in [6, 6.07) is 10.8. The third kappa shape index (κ3) is 3.48. The third-order valence-corrected chi connectivity index (χ3v) is 7.40. The fraction of sp³-hybridized carbons (Fsp3) is 0.375. The molecule has 166 valence electrons. The van der Waals surface area contributed by atoms with Gasteiger partial charge in [-0.1, -0.05) is 34.2 Å². The van der Waals surface area contributed by atoms with Crippen molar-refractivity contribution in [2.24, 2.45) is 5.92 Å². The van der Waals surface area contributed by atoms with Crippen LogP contribution in [0.4, 0.5) is 4.39 Å². The second-order valence-electron chi connectivity index (χ2n) is 8.54. The van der Waals surface area contributed by atoms with Crippen LogP contribution in [-0.2, 0) is 0 Å². The number of fused-ring (bicyclic) bond motifs is 1. The predicted octanol–water partition coefficient (Wildman–Crippen LogP) is 4.59. The molecule has 0 radical (unpaired) electrons. The SMILES string of the molecule is Cc1ccc(-n2cccn2)c(C(=O)N2C(CCI)C3CCC32COc2ccc(F)cn2)c1. The topological polar surface area (TPSA) is 60.2 Å². The van der Waals surface area contributed by atoms with Gasteiger partial charge in [-0.3, -0.25) is 4.79 Å². The number of aryl methyl sites for hydroxylation is 1. The molecule has 5 rings (SSSR count). The lowest BCUT2D eigenvalue weighted by Gasteiger charge is -2.70. The zero-order chi connectivity index (χ0) is 22.3. The molecule has 1 saturated carbocycles. The highest BCUT2D eigenvalue weighted by atomic mass is 127. The van der Waals surface area contributed by atoms with E-state index in [0.29, 0.717) is 24.0 Å². The lowest BCUT2D eigenvalue weighted by atomic mass is 9.54. The van der Waals surface area contributed by atoms with Gasteiger partial charge >= 0.3 is 0 Å². The fourth-order valence-electron chi connectivity index (χ4n) is 5.17. The lowest BCUT2D eigenvalue weighted by Crippen LogP contribution is -2.81. The Morgan fingerprint density at radius 1 is 1.34 bits per heavy atom. The van der Waals surface area contributed by atoms with Crippen molar-refractivity contribution in [3.63, 3.8) is 0 Å². The van der Waals surface area contributed by atoms with Gasteiger partial charge in [0, 0.05) is 34.8 Å². The first-order valence-corrected chi connectivity index (χ1v) is 12.3. The summed E-state index contributed by atoms with van der Waals surface area (Å²) < 4.78 is 21.9. The van der Waals surface area contributed by atoms with Crippen LogP contribution >= 0.6 is 22.6 Å². The van der Waals surface area contributed by atoms with Crippen molar-refractivity contribution < 1.29 is 13.9 Å². The zero-order valence-electron chi connectivity index (χ0n) is 17.7. The van der Waals surface area contributed by atoms with Crippen LogP contribution in [0.2, 0.25) is 0 Å². The summed E-state index contributed by atoms with van der Waals surface area (Å²) >= 11 is 2.38. The first kappa shape index (κ1) is 21.4. The van der Waals surface area contributed by atoms with Crippen LogP contribution in [0.3, 0.4) is 0 Å². The monoisotopic (exact) mass is 546 g/mol. The minimum Gasteiger partial charge on any atom is -0.475 e. The number of likely N-dealkylation sites (tertiary alicyclic amines) is 1. The highest BCUT2D eigenvalue weighted by Crippen LogP contribution is 2.58. The second-order valence-corrected chi connectivity index (χ2v) is 9.62. The standard InChI is InChI=1S/C24H24FIN4O2/c1-16-3-5-20(29-12-2-11-28-29)18(13-16)23(31)30-21(8-10-26)19-7-9-24(19,30)15-32-22-6-4-17(25)14-27-22/h2-6,11-14,19,21H,7-10,15H2,1H3. The minimum absolute atomic E-state index is 0.0145. The number of pyridine rings is 1. The number of hydrogen-bond donors (Lipinski definition) is 0. The van der Waals surface area contributed by atoms with Gasteiger partial charge in [0.25, 0.3) is 5.91 Å². The van der Waals surface area contributed by atoms with Gasteiger partial charge in [-0.15, -0.1) is 0 Å². The van der Waals surface area contributed by atoms with E-state index in [4.69, 9.17) is 4.74 Å². The molecule has 0 spiro atoms. The molecule has 2 aliphatic rings. The molecule has 1 saturated heterocycles. The highest BCUT2D eigenvalue weighted by molar-refractivity contribution is 14.1. The molecule has 6 nitrogen and oxygen atoms in total. The maximum Gasteiger partial charge on any atom is 0.256 e. The Morgan fingerprint density at radius 3 is 2.88 bits per heavy atom. The Hall–Kier alpha value is -2.49. The van der Waals surface area contributed by atoms with Gasteiger partial charge in [-0.25, -0.2) is 14.1 Å². The van der Waals surface area contributed by atoms with Crippen molar-refractivity contribution in [2.75, 3.05) is 11.0 Å². The smallest absolute Gasteiger partial charge is 0.256 e. The maximum atomic E-state index is 14.0. The molecule has 0 N–H and O–H groups in total. The number of piperidine rings is 1. The molecular weight excluding hydrogens is 522 g/mol. The first-order chi connectivity index (χ1) is 15.5. The number of carbonyl (C=O) groups excluding carboxylic acids is 1. The fourth-order valence-corrected chi connectivity index (χ4v) is 5.81. The number of amides is 1. The van der Waals surface area contributed by atoms with E-state index >= 15 is 0 Å². The van der Waals surface area contributed by atoms with E-state index in [-0.39, 0.29) is 17.5 Å². The molecular formula is C24H24FIN4O2. The van der Waals surface area contributed by atoms with Gasteiger partial charge in [0.05, 0.1) is 23.0 Å². The number of hydrogen-bond acceptors (Lipinski definition) is 4. The van der Waals surface area contributed by atoms with E-state index in [1.807, 2.05) is 42.3 Å². The van der Waals surface area contributed by atoms with Crippen LogP contribution in [0, 0.1) is 18.7 Å². The lowest BCUT2D eigenvalue weighted by molar-refractivity contribution is -0.190. The van der Waals surface area contributed by atoms with E-state index < -0.39 is 5.82 Å². The molecule has 3 aromatic rings. The predicted molar refractivity (Wildman–Crippen MR) is 127 cm³/mol. The molecule has 3 atom stereocenters. The number of alkyl halides is 1. The molecule has 1 aromatic carbocycles.